The van der Waals surface area contributed by atoms with Crippen molar-refractivity contribution in [1.29, 1.82) is 0 Å². The molecule has 0 unspecified atom stereocenters. The molecular weight excluding hydrogens is 365 g/mol. The van der Waals surface area contributed by atoms with E-state index in [0.717, 1.165) is 25.9 Å². The molecule has 1 aromatic carbocycles. The first-order valence-corrected chi connectivity index (χ1v) is 10.4. The van der Waals surface area contributed by atoms with Gasteiger partial charge in [-0.05, 0) is 31.1 Å². The van der Waals surface area contributed by atoms with Gasteiger partial charge in [-0.15, -0.1) is 11.3 Å². The van der Waals surface area contributed by atoms with Crippen LogP contribution in [0.25, 0.3) is 0 Å². The van der Waals surface area contributed by atoms with Gasteiger partial charge in [0.15, 0.2) is 5.11 Å². The number of thiazole rings is 1. The molecule has 1 aliphatic heterocycles. The van der Waals surface area contributed by atoms with Crippen LogP contribution in [-0.2, 0) is 12.0 Å². The number of thiocarbonyl (C=S) groups is 1. The second-order valence-corrected chi connectivity index (χ2v) is 9.11. The Morgan fingerprint density at radius 3 is 2.62 bits per heavy atom. The van der Waals surface area contributed by atoms with Gasteiger partial charge in [-0.3, -0.25) is 0 Å². The fraction of sp³-hybridized carbons (Fsp3) is 0.500. The molecule has 0 spiro atoms. The summed E-state index contributed by atoms with van der Waals surface area (Å²) in [5, 5.41) is 7.35. The third-order valence-electron chi connectivity index (χ3n) is 4.81. The van der Waals surface area contributed by atoms with Crippen LogP contribution >= 0.6 is 23.6 Å². The highest BCUT2D eigenvalue weighted by Crippen LogP contribution is 2.33. The molecule has 0 saturated carbocycles. The van der Waals surface area contributed by atoms with Gasteiger partial charge in [0.1, 0.15) is 5.82 Å². The molecule has 0 radical (unpaired) electrons. The molecule has 3 rings (SSSR count). The monoisotopic (exact) mass is 391 g/mol. The van der Waals surface area contributed by atoms with Crippen molar-refractivity contribution in [2.24, 2.45) is 0 Å². The molecule has 2 aromatic rings. The lowest BCUT2D eigenvalue weighted by atomic mass is 9.93. The Hall–Kier alpha value is -1.53. The fourth-order valence-electron chi connectivity index (χ4n) is 3.07. The molecule has 0 aliphatic carbocycles. The lowest BCUT2D eigenvalue weighted by Gasteiger charge is -2.33. The van der Waals surface area contributed by atoms with E-state index in [1.807, 2.05) is 6.07 Å². The number of rotatable bonds is 3. The third kappa shape index (κ3) is 4.60. The van der Waals surface area contributed by atoms with Crippen molar-refractivity contribution in [2.45, 2.75) is 51.5 Å². The lowest BCUT2D eigenvalue weighted by Crippen LogP contribution is -2.43. The predicted molar refractivity (Wildman–Crippen MR) is 110 cm³/mol. The molecule has 0 amide bonds. The van der Waals surface area contributed by atoms with E-state index in [1.54, 1.807) is 23.5 Å². The van der Waals surface area contributed by atoms with Crippen molar-refractivity contribution in [2.75, 3.05) is 13.1 Å². The zero-order valence-electron chi connectivity index (χ0n) is 15.6. The molecule has 1 saturated heterocycles. The molecule has 2 heterocycles. The Kier molecular flexibility index (Phi) is 5.92. The lowest BCUT2D eigenvalue weighted by molar-refractivity contribution is 0.308. The standard InChI is InChI=1S/C20H26FN3S2/c1-20(2,3)17-13-26-18(23-17)14-8-10-24(11-9-14)19(25)22-12-15-6-4-5-7-16(15)21/h4-7,13-14H,8-12H2,1-3H3,(H,22,25). The van der Waals surface area contributed by atoms with Crippen LogP contribution in [0, 0.1) is 5.82 Å². The van der Waals surface area contributed by atoms with Gasteiger partial charge in [0.05, 0.1) is 10.7 Å². The maximum Gasteiger partial charge on any atom is 0.169 e. The summed E-state index contributed by atoms with van der Waals surface area (Å²) >= 11 is 7.29. The van der Waals surface area contributed by atoms with Crippen LogP contribution in [0.3, 0.4) is 0 Å². The van der Waals surface area contributed by atoms with Crippen LogP contribution in [0.4, 0.5) is 4.39 Å². The molecule has 26 heavy (non-hydrogen) atoms. The smallest absolute Gasteiger partial charge is 0.169 e. The number of hydrogen-bond donors (Lipinski definition) is 1. The van der Waals surface area contributed by atoms with E-state index in [2.05, 4.69) is 36.4 Å². The molecule has 1 aliphatic rings. The van der Waals surface area contributed by atoms with Crippen LogP contribution in [-0.4, -0.2) is 28.1 Å². The SMILES string of the molecule is CC(C)(C)c1csc(C2CCN(C(=S)NCc3ccccc3F)CC2)n1. The molecule has 0 bridgehead atoms. The molecule has 6 heteroatoms. The van der Waals surface area contributed by atoms with E-state index in [1.165, 1.54) is 16.8 Å². The highest BCUT2D eigenvalue weighted by atomic mass is 32.1. The summed E-state index contributed by atoms with van der Waals surface area (Å²) in [5.74, 6) is 0.321. The van der Waals surface area contributed by atoms with Gasteiger partial charge in [-0.1, -0.05) is 39.0 Å². The number of aromatic nitrogens is 1. The van der Waals surface area contributed by atoms with Crippen LogP contribution in [0.5, 0.6) is 0 Å². The van der Waals surface area contributed by atoms with E-state index in [-0.39, 0.29) is 11.2 Å². The van der Waals surface area contributed by atoms with Crippen LogP contribution in [0.2, 0.25) is 0 Å². The van der Waals surface area contributed by atoms with Gasteiger partial charge in [0.2, 0.25) is 0 Å². The van der Waals surface area contributed by atoms with Crippen molar-refractivity contribution < 1.29 is 4.39 Å². The summed E-state index contributed by atoms with van der Waals surface area (Å²) < 4.78 is 13.7. The quantitative estimate of drug-likeness (QED) is 0.758. The minimum atomic E-state index is -0.195. The molecule has 140 valence electrons. The fourth-order valence-corrected chi connectivity index (χ4v) is 4.55. The van der Waals surface area contributed by atoms with Crippen LogP contribution < -0.4 is 5.32 Å². The van der Waals surface area contributed by atoms with E-state index in [9.17, 15) is 4.39 Å². The van der Waals surface area contributed by atoms with Crippen molar-refractivity contribution in [1.82, 2.24) is 15.2 Å². The van der Waals surface area contributed by atoms with Crippen LogP contribution in [0.15, 0.2) is 29.6 Å². The van der Waals surface area contributed by atoms with Crippen LogP contribution in [0.1, 0.15) is 55.8 Å². The van der Waals surface area contributed by atoms with Gasteiger partial charge in [-0.2, -0.15) is 0 Å². The average molecular weight is 392 g/mol. The molecule has 0 atom stereocenters. The predicted octanol–water partition coefficient (Wildman–Crippen LogP) is 4.83. The summed E-state index contributed by atoms with van der Waals surface area (Å²) in [7, 11) is 0. The third-order valence-corrected chi connectivity index (χ3v) is 6.22. The molecule has 3 nitrogen and oxygen atoms in total. The summed E-state index contributed by atoms with van der Waals surface area (Å²) in [5.41, 5.74) is 1.93. The van der Waals surface area contributed by atoms with Gasteiger partial charge in [0, 0.05) is 41.9 Å². The normalized spacial score (nSPS) is 15.9. The van der Waals surface area contributed by atoms with E-state index < -0.39 is 0 Å². The van der Waals surface area contributed by atoms with Crippen molar-refractivity contribution >= 4 is 28.7 Å². The van der Waals surface area contributed by atoms with E-state index in [4.69, 9.17) is 17.2 Å². The number of nitrogens with one attached hydrogen (secondary N) is 1. The maximum atomic E-state index is 13.7. The van der Waals surface area contributed by atoms with Gasteiger partial charge in [0.25, 0.3) is 0 Å². The molecule has 1 N–H and O–H groups in total. The zero-order chi connectivity index (χ0) is 18.7. The van der Waals surface area contributed by atoms with Crippen molar-refractivity contribution in [3.05, 3.63) is 51.7 Å². The number of benzene rings is 1. The van der Waals surface area contributed by atoms with Gasteiger partial charge in [-0.25, -0.2) is 9.37 Å². The Balaban J connectivity index is 1.51. The largest absolute Gasteiger partial charge is 0.358 e. The minimum absolute atomic E-state index is 0.105. The van der Waals surface area contributed by atoms with E-state index >= 15 is 0 Å². The first kappa shape index (κ1) is 19.2. The second kappa shape index (κ2) is 8.01. The Bertz CT molecular complexity index is 758. The highest BCUT2D eigenvalue weighted by Gasteiger charge is 2.26. The molecule has 1 fully saturated rings. The number of hydrogen-bond acceptors (Lipinski definition) is 3. The topological polar surface area (TPSA) is 28.2 Å². The van der Waals surface area contributed by atoms with Crippen molar-refractivity contribution in [3.63, 3.8) is 0 Å². The second-order valence-electron chi connectivity index (χ2n) is 7.83. The highest BCUT2D eigenvalue weighted by molar-refractivity contribution is 7.80. The summed E-state index contributed by atoms with van der Waals surface area (Å²) in [4.78, 5) is 7.06. The Morgan fingerprint density at radius 1 is 1.31 bits per heavy atom. The van der Waals surface area contributed by atoms with Crippen molar-refractivity contribution in [3.8, 4) is 0 Å². The minimum Gasteiger partial charge on any atom is -0.358 e. The van der Waals surface area contributed by atoms with Gasteiger partial charge < -0.3 is 10.2 Å². The molecular formula is C20H26FN3S2. The maximum absolute atomic E-state index is 13.7. The van der Waals surface area contributed by atoms with E-state index in [0.29, 0.717) is 23.1 Å². The average Bonchev–Trinajstić information content (AvgIpc) is 3.11. The zero-order valence-corrected chi connectivity index (χ0v) is 17.2. The van der Waals surface area contributed by atoms with Gasteiger partial charge >= 0.3 is 0 Å². The molecule has 1 aromatic heterocycles. The summed E-state index contributed by atoms with van der Waals surface area (Å²) in [6.07, 6.45) is 2.11. The number of nitrogens with zero attached hydrogens (tertiary/aromatic N) is 2. The number of piperidine rings is 1. The summed E-state index contributed by atoms with van der Waals surface area (Å²) in [6.45, 7) is 8.86. The Labute approximate surface area is 164 Å². The Morgan fingerprint density at radius 2 is 2.00 bits per heavy atom. The summed E-state index contributed by atoms with van der Waals surface area (Å²) in [6, 6.07) is 6.80. The number of halogens is 1. The first-order chi connectivity index (χ1) is 12.3. The first-order valence-electron chi connectivity index (χ1n) is 9.06. The number of likely N-dealkylation sites (tertiary alicyclic amines) is 1.